The molecule has 0 aliphatic heterocycles. The molecule has 0 bridgehead atoms. The monoisotopic (exact) mass is 290 g/mol. The van der Waals surface area contributed by atoms with Gasteiger partial charge in [-0.05, 0) is 37.8 Å². The Balaban J connectivity index is 1.99. The second-order valence-corrected chi connectivity index (χ2v) is 6.00. The van der Waals surface area contributed by atoms with Crippen LogP contribution in [-0.2, 0) is 19.4 Å². The Bertz CT molecular complexity index is 537. The van der Waals surface area contributed by atoms with Crippen LogP contribution in [0.15, 0.2) is 29.6 Å². The van der Waals surface area contributed by atoms with Gasteiger partial charge in [0.2, 0.25) is 0 Å². The maximum Gasteiger partial charge on any atom is 0.131 e. The molecule has 2 aromatic rings. The van der Waals surface area contributed by atoms with Crippen LogP contribution in [0.1, 0.15) is 36.5 Å². The Morgan fingerprint density at radius 1 is 1.35 bits per heavy atom. The fourth-order valence-corrected chi connectivity index (χ4v) is 2.94. The van der Waals surface area contributed by atoms with Gasteiger partial charge >= 0.3 is 0 Å². The first kappa shape index (κ1) is 15.0. The van der Waals surface area contributed by atoms with Crippen LogP contribution in [0.4, 0.5) is 0 Å². The number of aryl methyl sites for hydroxylation is 1. The summed E-state index contributed by atoms with van der Waals surface area (Å²) in [7, 11) is 0. The van der Waals surface area contributed by atoms with Crippen LogP contribution < -0.4 is 10.5 Å². The molecule has 0 fully saturated rings. The van der Waals surface area contributed by atoms with Crippen molar-refractivity contribution in [3.63, 3.8) is 0 Å². The fraction of sp³-hybridized carbons (Fsp3) is 0.438. The molecule has 3 nitrogen and oxygen atoms in total. The molecule has 108 valence electrons. The number of para-hydroxylation sites is 1. The van der Waals surface area contributed by atoms with E-state index < -0.39 is 0 Å². The number of rotatable bonds is 7. The highest BCUT2D eigenvalue weighted by molar-refractivity contribution is 7.09. The molecule has 1 atom stereocenters. The number of hydrogen-bond donors (Lipinski definition) is 1. The second kappa shape index (κ2) is 7.41. The van der Waals surface area contributed by atoms with Gasteiger partial charge in [0.05, 0.1) is 10.7 Å². The van der Waals surface area contributed by atoms with E-state index in [0.29, 0.717) is 6.61 Å². The lowest BCUT2D eigenvalue weighted by Gasteiger charge is -2.12. The topological polar surface area (TPSA) is 48.1 Å². The van der Waals surface area contributed by atoms with E-state index in [1.54, 1.807) is 11.3 Å². The van der Waals surface area contributed by atoms with Gasteiger partial charge in [-0.25, -0.2) is 4.98 Å². The molecule has 4 heteroatoms. The van der Waals surface area contributed by atoms with E-state index in [1.807, 2.05) is 25.1 Å². The molecule has 0 radical (unpaired) electrons. The molecule has 0 aliphatic carbocycles. The van der Waals surface area contributed by atoms with Crippen LogP contribution in [0.25, 0.3) is 0 Å². The van der Waals surface area contributed by atoms with Crippen molar-refractivity contribution in [3.05, 3.63) is 45.9 Å². The molecule has 0 saturated carbocycles. The van der Waals surface area contributed by atoms with Crippen molar-refractivity contribution in [1.82, 2.24) is 4.98 Å². The van der Waals surface area contributed by atoms with Crippen molar-refractivity contribution in [1.29, 1.82) is 0 Å². The fourth-order valence-electron chi connectivity index (χ4n) is 2.06. The summed E-state index contributed by atoms with van der Waals surface area (Å²) >= 11 is 1.71. The van der Waals surface area contributed by atoms with Gasteiger partial charge in [-0.1, -0.05) is 25.1 Å². The zero-order valence-corrected chi connectivity index (χ0v) is 13.0. The van der Waals surface area contributed by atoms with E-state index in [2.05, 4.69) is 23.4 Å². The lowest BCUT2D eigenvalue weighted by molar-refractivity contribution is 0.298. The van der Waals surface area contributed by atoms with Gasteiger partial charge in [-0.2, -0.15) is 0 Å². The number of aromatic nitrogens is 1. The first-order chi connectivity index (χ1) is 9.69. The predicted octanol–water partition coefficient (Wildman–Crippen LogP) is 3.56. The van der Waals surface area contributed by atoms with Crippen molar-refractivity contribution in [2.45, 2.75) is 45.8 Å². The standard InChI is InChI=1S/C16H22N2OS/c1-3-6-16-18-14(11-20-16)10-19-15-8-5-4-7-13(15)9-12(2)17/h4-5,7-8,11-12H,3,6,9-10,17H2,1-2H3. The summed E-state index contributed by atoms with van der Waals surface area (Å²) in [5.41, 5.74) is 8.04. The second-order valence-electron chi connectivity index (χ2n) is 5.06. The van der Waals surface area contributed by atoms with Gasteiger partial charge in [-0.15, -0.1) is 11.3 Å². The molecular formula is C16H22N2OS. The third kappa shape index (κ3) is 4.32. The first-order valence-corrected chi connectivity index (χ1v) is 7.96. The molecule has 0 saturated heterocycles. The highest BCUT2D eigenvalue weighted by Crippen LogP contribution is 2.21. The Morgan fingerprint density at radius 2 is 2.15 bits per heavy atom. The van der Waals surface area contributed by atoms with Crippen LogP contribution in [0.2, 0.25) is 0 Å². The molecule has 2 rings (SSSR count). The molecule has 0 amide bonds. The minimum atomic E-state index is 0.134. The van der Waals surface area contributed by atoms with Crippen LogP contribution in [0.5, 0.6) is 5.75 Å². The number of hydrogen-bond acceptors (Lipinski definition) is 4. The SMILES string of the molecule is CCCc1nc(COc2ccccc2CC(C)N)cs1. The summed E-state index contributed by atoms with van der Waals surface area (Å²) in [4.78, 5) is 4.57. The highest BCUT2D eigenvalue weighted by Gasteiger charge is 2.07. The number of benzene rings is 1. The summed E-state index contributed by atoms with van der Waals surface area (Å²) in [5.74, 6) is 0.912. The van der Waals surface area contributed by atoms with Gasteiger partial charge in [-0.3, -0.25) is 0 Å². The molecule has 1 heterocycles. The molecule has 1 aromatic carbocycles. The van der Waals surface area contributed by atoms with Crippen molar-refractivity contribution < 1.29 is 4.74 Å². The van der Waals surface area contributed by atoms with E-state index in [9.17, 15) is 0 Å². The summed E-state index contributed by atoms with van der Waals surface area (Å²) < 4.78 is 5.90. The van der Waals surface area contributed by atoms with Crippen LogP contribution >= 0.6 is 11.3 Å². The quantitative estimate of drug-likeness (QED) is 0.848. The Morgan fingerprint density at radius 3 is 2.90 bits per heavy atom. The smallest absolute Gasteiger partial charge is 0.131 e. The van der Waals surface area contributed by atoms with Crippen molar-refractivity contribution in [3.8, 4) is 5.75 Å². The van der Waals surface area contributed by atoms with E-state index in [0.717, 1.165) is 36.3 Å². The number of nitrogens with two attached hydrogens (primary N) is 1. The molecular weight excluding hydrogens is 268 g/mol. The lowest BCUT2D eigenvalue weighted by Crippen LogP contribution is -2.18. The minimum Gasteiger partial charge on any atom is -0.487 e. The van der Waals surface area contributed by atoms with Gasteiger partial charge in [0.1, 0.15) is 12.4 Å². The largest absolute Gasteiger partial charge is 0.487 e. The van der Waals surface area contributed by atoms with Gasteiger partial charge in [0.25, 0.3) is 0 Å². The molecule has 20 heavy (non-hydrogen) atoms. The van der Waals surface area contributed by atoms with Crippen molar-refractivity contribution in [2.24, 2.45) is 5.73 Å². The Labute approximate surface area is 124 Å². The normalized spacial score (nSPS) is 12.3. The zero-order chi connectivity index (χ0) is 14.4. The number of nitrogens with zero attached hydrogens (tertiary/aromatic N) is 1. The number of ether oxygens (including phenoxy) is 1. The predicted molar refractivity (Wildman–Crippen MR) is 84.2 cm³/mol. The molecule has 0 spiro atoms. The third-order valence-electron chi connectivity index (χ3n) is 2.95. The van der Waals surface area contributed by atoms with E-state index >= 15 is 0 Å². The van der Waals surface area contributed by atoms with E-state index in [1.165, 1.54) is 5.01 Å². The van der Waals surface area contributed by atoms with Crippen molar-refractivity contribution >= 4 is 11.3 Å². The summed E-state index contributed by atoms with van der Waals surface area (Å²) in [6, 6.07) is 8.21. The molecule has 2 N–H and O–H groups in total. The van der Waals surface area contributed by atoms with Gasteiger partial charge in [0, 0.05) is 11.4 Å². The first-order valence-electron chi connectivity index (χ1n) is 7.08. The van der Waals surface area contributed by atoms with Crippen LogP contribution in [0, 0.1) is 0 Å². The molecule has 0 aliphatic rings. The average Bonchev–Trinajstić information content (AvgIpc) is 2.85. The maximum atomic E-state index is 5.90. The molecule has 1 aromatic heterocycles. The minimum absolute atomic E-state index is 0.134. The Kier molecular flexibility index (Phi) is 5.56. The lowest BCUT2D eigenvalue weighted by atomic mass is 10.1. The number of thiazole rings is 1. The van der Waals surface area contributed by atoms with E-state index in [4.69, 9.17) is 10.5 Å². The highest BCUT2D eigenvalue weighted by atomic mass is 32.1. The van der Waals surface area contributed by atoms with E-state index in [-0.39, 0.29) is 6.04 Å². The van der Waals surface area contributed by atoms with Crippen LogP contribution in [-0.4, -0.2) is 11.0 Å². The zero-order valence-electron chi connectivity index (χ0n) is 12.1. The van der Waals surface area contributed by atoms with Gasteiger partial charge < -0.3 is 10.5 Å². The third-order valence-corrected chi connectivity index (χ3v) is 3.91. The molecule has 1 unspecified atom stereocenters. The van der Waals surface area contributed by atoms with Crippen molar-refractivity contribution in [2.75, 3.05) is 0 Å². The summed E-state index contributed by atoms with van der Waals surface area (Å²) in [6.45, 7) is 4.70. The summed E-state index contributed by atoms with van der Waals surface area (Å²) in [6.07, 6.45) is 3.01. The Hall–Kier alpha value is -1.39. The maximum absolute atomic E-state index is 5.90. The van der Waals surface area contributed by atoms with Gasteiger partial charge in [0.15, 0.2) is 0 Å². The average molecular weight is 290 g/mol. The van der Waals surface area contributed by atoms with Crippen LogP contribution in [0.3, 0.4) is 0 Å². The summed E-state index contributed by atoms with van der Waals surface area (Å²) in [5, 5.41) is 3.27.